The molecular weight excluding hydrogens is 268 g/mol. The predicted molar refractivity (Wildman–Crippen MR) is 76.1 cm³/mol. The lowest BCUT2D eigenvalue weighted by molar-refractivity contribution is 0.102. The van der Waals surface area contributed by atoms with E-state index in [1.165, 1.54) is 0 Å². The molecule has 21 heavy (non-hydrogen) atoms. The van der Waals surface area contributed by atoms with Crippen molar-refractivity contribution < 1.29 is 4.79 Å². The Morgan fingerprint density at radius 3 is 2.71 bits per heavy atom. The molecule has 0 saturated carbocycles. The van der Waals surface area contributed by atoms with Crippen molar-refractivity contribution in [3.8, 4) is 5.82 Å². The molecular formula is C14H12N6O. The van der Waals surface area contributed by atoms with Gasteiger partial charge in [-0.2, -0.15) is 0 Å². The van der Waals surface area contributed by atoms with Crippen molar-refractivity contribution in [2.24, 2.45) is 0 Å². The van der Waals surface area contributed by atoms with E-state index >= 15 is 0 Å². The van der Waals surface area contributed by atoms with Gasteiger partial charge in [-0.25, -0.2) is 4.98 Å². The number of pyridine rings is 1. The normalized spacial score (nSPS) is 10.3. The zero-order valence-electron chi connectivity index (χ0n) is 11.3. The third kappa shape index (κ3) is 2.76. The monoisotopic (exact) mass is 280 g/mol. The van der Waals surface area contributed by atoms with Gasteiger partial charge >= 0.3 is 0 Å². The van der Waals surface area contributed by atoms with Crippen LogP contribution in [0.5, 0.6) is 0 Å². The molecule has 0 aliphatic carbocycles. The third-order valence-corrected chi connectivity index (χ3v) is 2.88. The van der Waals surface area contributed by atoms with Crippen LogP contribution in [0.3, 0.4) is 0 Å². The molecule has 3 aromatic rings. The van der Waals surface area contributed by atoms with Crippen LogP contribution in [0.1, 0.15) is 16.3 Å². The second-order valence-corrected chi connectivity index (χ2v) is 4.32. The Bertz CT molecular complexity index is 751. The predicted octanol–water partition coefficient (Wildman–Crippen LogP) is 1.62. The topological polar surface area (TPSA) is 85.6 Å². The molecule has 3 heterocycles. The van der Waals surface area contributed by atoms with Crippen LogP contribution in [0.4, 0.5) is 5.69 Å². The highest BCUT2D eigenvalue weighted by molar-refractivity contribution is 6.02. The number of hydrogen-bond donors (Lipinski definition) is 1. The first-order chi connectivity index (χ1) is 10.2. The molecule has 7 nitrogen and oxygen atoms in total. The number of rotatable bonds is 3. The van der Waals surface area contributed by atoms with Gasteiger partial charge in [0.2, 0.25) is 0 Å². The molecule has 104 valence electrons. The summed E-state index contributed by atoms with van der Waals surface area (Å²) in [6, 6.07) is 6.83. The van der Waals surface area contributed by atoms with Crippen molar-refractivity contribution in [2.75, 3.05) is 5.32 Å². The molecule has 0 aliphatic rings. The van der Waals surface area contributed by atoms with Gasteiger partial charge in [0.05, 0.1) is 11.9 Å². The van der Waals surface area contributed by atoms with Gasteiger partial charge in [0, 0.05) is 18.6 Å². The second-order valence-electron chi connectivity index (χ2n) is 4.32. The van der Waals surface area contributed by atoms with Gasteiger partial charge in [0.1, 0.15) is 5.82 Å². The maximum Gasteiger partial charge on any atom is 0.276 e. The molecule has 0 unspecified atom stereocenters. The van der Waals surface area contributed by atoms with Gasteiger partial charge in [-0.1, -0.05) is 0 Å². The first-order valence-corrected chi connectivity index (χ1v) is 6.29. The second kappa shape index (κ2) is 5.49. The zero-order chi connectivity index (χ0) is 14.7. The minimum Gasteiger partial charge on any atom is -0.319 e. The van der Waals surface area contributed by atoms with Crippen LogP contribution in [-0.4, -0.2) is 30.6 Å². The number of amides is 1. The summed E-state index contributed by atoms with van der Waals surface area (Å²) in [5, 5.41) is 10.7. The van der Waals surface area contributed by atoms with Crippen molar-refractivity contribution in [2.45, 2.75) is 6.92 Å². The number of hydrogen-bond acceptors (Lipinski definition) is 5. The minimum absolute atomic E-state index is 0.236. The van der Waals surface area contributed by atoms with E-state index < -0.39 is 0 Å². The summed E-state index contributed by atoms with van der Waals surface area (Å²) < 4.78 is 1.79. The highest BCUT2D eigenvalue weighted by Gasteiger charge is 2.10. The van der Waals surface area contributed by atoms with Crippen LogP contribution in [0.2, 0.25) is 0 Å². The Labute approximate surface area is 120 Å². The Morgan fingerprint density at radius 1 is 1.19 bits per heavy atom. The first-order valence-electron chi connectivity index (χ1n) is 6.29. The molecule has 3 rings (SSSR count). The summed E-state index contributed by atoms with van der Waals surface area (Å²) in [5.41, 5.74) is 0.846. The number of imidazole rings is 1. The quantitative estimate of drug-likeness (QED) is 0.788. The number of nitrogens with one attached hydrogen (secondary N) is 1. The molecule has 0 aromatic carbocycles. The van der Waals surface area contributed by atoms with Crippen molar-refractivity contribution in [3.05, 3.63) is 60.6 Å². The van der Waals surface area contributed by atoms with Crippen molar-refractivity contribution in [1.29, 1.82) is 0 Å². The minimum atomic E-state index is -0.329. The van der Waals surface area contributed by atoms with Crippen LogP contribution < -0.4 is 5.32 Å². The van der Waals surface area contributed by atoms with Crippen LogP contribution in [0.15, 0.2) is 49.1 Å². The Morgan fingerprint density at radius 2 is 2.10 bits per heavy atom. The molecule has 0 aliphatic heterocycles. The van der Waals surface area contributed by atoms with Crippen molar-refractivity contribution in [1.82, 2.24) is 24.7 Å². The summed E-state index contributed by atoms with van der Waals surface area (Å²) in [7, 11) is 0. The van der Waals surface area contributed by atoms with Gasteiger partial charge < -0.3 is 5.32 Å². The van der Waals surface area contributed by atoms with E-state index in [0.717, 1.165) is 5.82 Å². The number of anilines is 1. The van der Waals surface area contributed by atoms with Crippen LogP contribution >= 0.6 is 0 Å². The summed E-state index contributed by atoms with van der Waals surface area (Å²) in [6.07, 6.45) is 6.67. The van der Waals surface area contributed by atoms with E-state index in [0.29, 0.717) is 11.5 Å². The number of carbonyl (C=O) groups excluding carboxylic acids is 1. The number of aryl methyl sites for hydroxylation is 1. The van der Waals surface area contributed by atoms with E-state index in [4.69, 9.17) is 0 Å². The van der Waals surface area contributed by atoms with Crippen LogP contribution in [0, 0.1) is 6.92 Å². The number of nitrogens with zero attached hydrogens (tertiary/aromatic N) is 5. The summed E-state index contributed by atoms with van der Waals surface area (Å²) >= 11 is 0. The van der Waals surface area contributed by atoms with Gasteiger partial charge in [-0.05, 0) is 31.2 Å². The molecule has 1 amide bonds. The van der Waals surface area contributed by atoms with Gasteiger partial charge in [0.25, 0.3) is 5.91 Å². The maximum absolute atomic E-state index is 12.0. The van der Waals surface area contributed by atoms with Crippen LogP contribution in [0.25, 0.3) is 5.82 Å². The Balaban J connectivity index is 1.78. The molecule has 0 radical (unpaired) electrons. The molecule has 0 bridgehead atoms. The fraction of sp³-hybridized carbons (Fsp3) is 0.0714. The fourth-order valence-electron chi connectivity index (χ4n) is 1.83. The molecule has 0 saturated heterocycles. The highest BCUT2D eigenvalue weighted by atomic mass is 16.1. The smallest absolute Gasteiger partial charge is 0.276 e. The summed E-state index contributed by atoms with van der Waals surface area (Å²) in [4.78, 5) is 20.1. The molecule has 0 fully saturated rings. The highest BCUT2D eigenvalue weighted by Crippen LogP contribution is 2.08. The average Bonchev–Trinajstić information content (AvgIpc) is 2.94. The Hall–Kier alpha value is -3.09. The largest absolute Gasteiger partial charge is 0.319 e. The van der Waals surface area contributed by atoms with E-state index in [1.54, 1.807) is 53.6 Å². The fourth-order valence-corrected chi connectivity index (χ4v) is 1.83. The lowest BCUT2D eigenvalue weighted by atomic mass is 10.3. The van der Waals surface area contributed by atoms with Gasteiger partial charge in [-0.3, -0.25) is 14.3 Å². The van der Waals surface area contributed by atoms with Crippen LogP contribution in [-0.2, 0) is 0 Å². The SMILES string of the molecule is Cc1nccn1-c1ccc(C(=O)Nc2cccnc2)nn1. The van der Waals surface area contributed by atoms with Crippen molar-refractivity contribution in [3.63, 3.8) is 0 Å². The molecule has 1 N–H and O–H groups in total. The van der Waals surface area contributed by atoms with E-state index in [2.05, 4.69) is 25.5 Å². The van der Waals surface area contributed by atoms with E-state index in [1.807, 2.05) is 6.92 Å². The third-order valence-electron chi connectivity index (χ3n) is 2.88. The number of carbonyl (C=O) groups is 1. The average molecular weight is 280 g/mol. The molecule has 0 atom stereocenters. The Kier molecular flexibility index (Phi) is 3.38. The van der Waals surface area contributed by atoms with Gasteiger partial charge in [-0.15, -0.1) is 10.2 Å². The first kappa shape index (κ1) is 12.9. The van der Waals surface area contributed by atoms with Gasteiger partial charge in [0.15, 0.2) is 11.5 Å². The number of aromatic nitrogens is 5. The standard InChI is InChI=1S/C14H12N6O/c1-10-16-7-8-20(10)13-5-4-12(18-19-13)14(21)17-11-3-2-6-15-9-11/h2-9H,1H3,(H,17,21). The summed E-state index contributed by atoms with van der Waals surface area (Å²) in [6.45, 7) is 1.87. The molecule has 0 spiro atoms. The van der Waals surface area contributed by atoms with Crippen molar-refractivity contribution >= 4 is 11.6 Å². The maximum atomic E-state index is 12.0. The van der Waals surface area contributed by atoms with E-state index in [-0.39, 0.29) is 11.6 Å². The lowest BCUT2D eigenvalue weighted by Gasteiger charge is -2.05. The zero-order valence-corrected chi connectivity index (χ0v) is 11.3. The van der Waals surface area contributed by atoms with E-state index in [9.17, 15) is 4.79 Å². The summed E-state index contributed by atoms with van der Waals surface area (Å²) in [5.74, 6) is 1.09. The molecule has 7 heteroatoms. The lowest BCUT2D eigenvalue weighted by Crippen LogP contribution is -2.15. The molecule has 3 aromatic heterocycles.